The number of rotatable bonds is 4. The van der Waals surface area contributed by atoms with E-state index < -0.39 is 12.0 Å². The largest absolute Gasteiger partial charge is 0.475 e. The van der Waals surface area contributed by atoms with Crippen LogP contribution in [0.1, 0.15) is 16.1 Å². The second-order valence-corrected chi connectivity index (χ2v) is 3.63. The average molecular weight is 261 g/mol. The van der Waals surface area contributed by atoms with Gasteiger partial charge in [-0.2, -0.15) is 0 Å². The zero-order valence-electron chi connectivity index (χ0n) is 9.79. The summed E-state index contributed by atoms with van der Waals surface area (Å²) in [4.78, 5) is 25.7. The van der Waals surface area contributed by atoms with Gasteiger partial charge in [0.2, 0.25) is 5.76 Å². The lowest BCUT2D eigenvalue weighted by molar-refractivity contribution is 0.0663. The fourth-order valence-electron chi connectivity index (χ4n) is 1.35. The molecule has 1 aromatic carbocycles. The van der Waals surface area contributed by atoms with Gasteiger partial charge in [0.15, 0.2) is 0 Å². The minimum atomic E-state index is -1.25. The molecule has 0 saturated carbocycles. The van der Waals surface area contributed by atoms with E-state index in [0.29, 0.717) is 6.54 Å². The van der Waals surface area contributed by atoms with E-state index in [1.54, 1.807) is 0 Å². The van der Waals surface area contributed by atoms with Gasteiger partial charge >= 0.3 is 18.0 Å². The van der Waals surface area contributed by atoms with Crippen LogP contribution in [0.15, 0.2) is 40.9 Å². The summed E-state index contributed by atoms with van der Waals surface area (Å²) < 4.78 is 4.79. The van der Waals surface area contributed by atoms with Gasteiger partial charge in [-0.25, -0.2) is 14.6 Å². The maximum atomic E-state index is 11.5. The zero-order chi connectivity index (χ0) is 13.7. The molecule has 0 aliphatic carbocycles. The highest BCUT2D eigenvalue weighted by atomic mass is 16.4. The molecule has 1 heterocycles. The molecule has 0 atom stereocenters. The first-order valence-electron chi connectivity index (χ1n) is 5.43. The number of carbonyl (C=O) groups is 2. The van der Waals surface area contributed by atoms with Crippen molar-refractivity contribution < 1.29 is 19.1 Å². The van der Waals surface area contributed by atoms with Crippen molar-refractivity contribution in [2.24, 2.45) is 0 Å². The number of nitrogens with one attached hydrogen (secondary N) is 2. The van der Waals surface area contributed by atoms with Crippen molar-refractivity contribution in [3.05, 3.63) is 47.9 Å². The quantitative estimate of drug-likeness (QED) is 0.776. The molecule has 7 nitrogen and oxygen atoms in total. The Bertz CT molecular complexity index is 580. The maximum Gasteiger partial charge on any atom is 0.373 e. The second kappa shape index (κ2) is 5.67. The number of urea groups is 1. The van der Waals surface area contributed by atoms with Crippen LogP contribution < -0.4 is 10.6 Å². The molecule has 0 spiro atoms. The van der Waals surface area contributed by atoms with Crippen molar-refractivity contribution in [3.63, 3.8) is 0 Å². The first kappa shape index (κ1) is 12.6. The molecule has 2 aromatic rings. The van der Waals surface area contributed by atoms with Gasteiger partial charge in [0.25, 0.3) is 0 Å². The van der Waals surface area contributed by atoms with E-state index in [1.165, 1.54) is 0 Å². The predicted octanol–water partition coefficient (Wildman–Crippen LogP) is 1.69. The van der Waals surface area contributed by atoms with Crippen LogP contribution in [0.25, 0.3) is 0 Å². The van der Waals surface area contributed by atoms with E-state index in [9.17, 15) is 9.59 Å². The molecule has 0 radical (unpaired) electrons. The van der Waals surface area contributed by atoms with Crippen molar-refractivity contribution in [2.75, 3.05) is 5.32 Å². The van der Waals surface area contributed by atoms with E-state index in [4.69, 9.17) is 9.52 Å². The summed E-state index contributed by atoms with van der Waals surface area (Å²) >= 11 is 0. The number of benzene rings is 1. The van der Waals surface area contributed by atoms with Gasteiger partial charge in [0.1, 0.15) is 0 Å². The first-order chi connectivity index (χ1) is 9.15. The van der Waals surface area contributed by atoms with E-state index >= 15 is 0 Å². The number of oxazole rings is 1. The summed E-state index contributed by atoms with van der Waals surface area (Å²) in [5.41, 5.74) is 0.941. The molecule has 0 aliphatic heterocycles. The van der Waals surface area contributed by atoms with Gasteiger partial charge < -0.3 is 14.8 Å². The molecule has 0 unspecified atom stereocenters. The van der Waals surface area contributed by atoms with Crippen LogP contribution >= 0.6 is 0 Å². The van der Waals surface area contributed by atoms with Crippen LogP contribution in [0.2, 0.25) is 0 Å². The summed E-state index contributed by atoms with van der Waals surface area (Å²) in [5.74, 6) is -1.58. The lowest BCUT2D eigenvalue weighted by atomic mass is 10.2. The zero-order valence-corrected chi connectivity index (χ0v) is 9.79. The summed E-state index contributed by atoms with van der Waals surface area (Å²) in [5, 5.41) is 13.5. The highest BCUT2D eigenvalue weighted by molar-refractivity contribution is 5.88. The highest BCUT2D eigenvalue weighted by Crippen LogP contribution is 2.08. The Kier molecular flexibility index (Phi) is 3.77. The Labute approximate surface area is 108 Å². The van der Waals surface area contributed by atoms with Crippen molar-refractivity contribution in [2.45, 2.75) is 6.54 Å². The molecule has 0 bridgehead atoms. The average Bonchev–Trinajstić information content (AvgIpc) is 2.86. The lowest BCUT2D eigenvalue weighted by Gasteiger charge is -2.04. The van der Waals surface area contributed by atoms with Crippen LogP contribution in [0.4, 0.5) is 10.8 Å². The second-order valence-electron chi connectivity index (χ2n) is 3.63. The minimum Gasteiger partial charge on any atom is -0.475 e. The van der Waals surface area contributed by atoms with Crippen LogP contribution in [-0.2, 0) is 6.54 Å². The smallest absolute Gasteiger partial charge is 0.373 e. The molecule has 0 saturated heterocycles. The third-order valence-electron chi connectivity index (χ3n) is 2.23. The number of carboxylic acids is 1. The number of aromatic nitrogens is 1. The molecule has 98 valence electrons. The predicted molar refractivity (Wildman–Crippen MR) is 65.8 cm³/mol. The van der Waals surface area contributed by atoms with Crippen molar-refractivity contribution in [3.8, 4) is 0 Å². The van der Waals surface area contributed by atoms with E-state index in [1.807, 2.05) is 30.3 Å². The molecule has 19 heavy (non-hydrogen) atoms. The Morgan fingerprint density at radius 1 is 1.26 bits per heavy atom. The normalized spacial score (nSPS) is 9.89. The number of hydrogen-bond donors (Lipinski definition) is 3. The topological polar surface area (TPSA) is 104 Å². The van der Waals surface area contributed by atoms with Gasteiger partial charge in [-0.05, 0) is 5.56 Å². The third kappa shape index (κ3) is 3.56. The Morgan fingerprint density at radius 2 is 2.00 bits per heavy atom. The number of anilines is 1. The van der Waals surface area contributed by atoms with Crippen molar-refractivity contribution in [1.82, 2.24) is 10.3 Å². The van der Waals surface area contributed by atoms with Gasteiger partial charge in [0.05, 0.1) is 6.20 Å². The summed E-state index contributed by atoms with van der Waals surface area (Å²) in [6.45, 7) is 0.346. The fourth-order valence-corrected chi connectivity index (χ4v) is 1.35. The molecule has 0 fully saturated rings. The Balaban J connectivity index is 1.85. The summed E-state index contributed by atoms with van der Waals surface area (Å²) in [6, 6.07) is 8.65. The van der Waals surface area contributed by atoms with Crippen LogP contribution in [0.5, 0.6) is 0 Å². The van der Waals surface area contributed by atoms with Crippen molar-refractivity contribution >= 4 is 18.0 Å². The van der Waals surface area contributed by atoms with Gasteiger partial charge in [-0.1, -0.05) is 30.3 Å². The van der Waals surface area contributed by atoms with Crippen LogP contribution in [0, 0.1) is 0 Å². The number of carbonyl (C=O) groups excluding carboxylic acids is 1. The molecule has 7 heteroatoms. The maximum absolute atomic E-state index is 11.5. The molecule has 2 rings (SSSR count). The molecule has 1 aromatic heterocycles. The van der Waals surface area contributed by atoms with Gasteiger partial charge in [0, 0.05) is 6.54 Å². The van der Waals surface area contributed by atoms with E-state index in [2.05, 4.69) is 15.6 Å². The molecular weight excluding hydrogens is 250 g/mol. The molecule has 0 aliphatic rings. The lowest BCUT2D eigenvalue weighted by Crippen LogP contribution is -2.28. The third-order valence-corrected chi connectivity index (χ3v) is 2.23. The monoisotopic (exact) mass is 261 g/mol. The number of nitrogens with zero attached hydrogens (tertiary/aromatic N) is 1. The van der Waals surface area contributed by atoms with Gasteiger partial charge in [-0.15, -0.1) is 0 Å². The number of carboxylic acid groups (broad SMARTS) is 1. The number of hydrogen-bond acceptors (Lipinski definition) is 4. The first-order valence-corrected chi connectivity index (χ1v) is 5.43. The minimum absolute atomic E-state index is 0.164. The van der Waals surface area contributed by atoms with E-state index in [-0.39, 0.29) is 11.8 Å². The summed E-state index contributed by atoms with van der Waals surface area (Å²) in [6.07, 6.45) is 1.02. The Morgan fingerprint density at radius 3 is 2.63 bits per heavy atom. The van der Waals surface area contributed by atoms with E-state index in [0.717, 1.165) is 11.8 Å². The van der Waals surface area contributed by atoms with Gasteiger partial charge in [-0.3, -0.25) is 5.32 Å². The standard InChI is InChI=1S/C12H11N3O4/c16-10(17)9-7-14-12(19-9)15-11(18)13-6-8-4-2-1-3-5-8/h1-5,7H,6H2,(H,16,17)(H2,13,14,15,18). The van der Waals surface area contributed by atoms with Crippen LogP contribution in [-0.4, -0.2) is 22.1 Å². The molecular formula is C12H11N3O4. The molecule has 3 N–H and O–H groups in total. The number of aromatic carboxylic acids is 1. The molecule has 2 amide bonds. The summed E-state index contributed by atoms with van der Waals surface area (Å²) in [7, 11) is 0. The Hall–Kier alpha value is -2.83. The van der Waals surface area contributed by atoms with Crippen LogP contribution in [0.3, 0.4) is 0 Å². The highest BCUT2D eigenvalue weighted by Gasteiger charge is 2.12. The SMILES string of the molecule is O=C(NCc1ccccc1)Nc1ncc(C(=O)O)o1. The number of amides is 2. The fraction of sp³-hybridized carbons (Fsp3) is 0.0833. The van der Waals surface area contributed by atoms with Crippen molar-refractivity contribution in [1.29, 1.82) is 0 Å².